The SMILES string of the molecule is CCOc1ccc(N(C(CC)C(=O)Nc2cccc(C(C)=O)c2)S(C)(=O)=O)cc1. The second kappa shape index (κ2) is 9.56. The largest absolute Gasteiger partial charge is 0.494 e. The molecule has 0 saturated heterocycles. The number of ketones is 1. The molecule has 29 heavy (non-hydrogen) atoms. The number of amides is 1. The van der Waals surface area contributed by atoms with Gasteiger partial charge in [-0.15, -0.1) is 0 Å². The van der Waals surface area contributed by atoms with Crippen LogP contribution in [0.3, 0.4) is 0 Å². The molecule has 2 aromatic carbocycles. The van der Waals surface area contributed by atoms with Crippen molar-refractivity contribution in [2.75, 3.05) is 22.5 Å². The van der Waals surface area contributed by atoms with E-state index in [2.05, 4.69) is 5.32 Å². The quantitative estimate of drug-likeness (QED) is 0.630. The van der Waals surface area contributed by atoms with Gasteiger partial charge in [0.1, 0.15) is 11.8 Å². The number of hydrogen-bond donors (Lipinski definition) is 1. The number of anilines is 2. The first-order valence-corrected chi connectivity index (χ1v) is 11.2. The topological polar surface area (TPSA) is 92.8 Å². The standard InChI is InChI=1S/C21H26N2O5S/c1-5-20(21(25)22-17-9-7-8-16(14-17)15(3)24)23(29(4,26)27)18-10-12-19(13-11-18)28-6-2/h7-14,20H,5-6H2,1-4H3,(H,22,25). The zero-order chi connectivity index (χ0) is 21.6. The van der Waals surface area contributed by atoms with Crippen molar-refractivity contribution in [3.05, 3.63) is 54.1 Å². The summed E-state index contributed by atoms with van der Waals surface area (Å²) in [6, 6.07) is 12.1. The highest BCUT2D eigenvalue weighted by Gasteiger charge is 2.31. The maximum atomic E-state index is 12.9. The average Bonchev–Trinajstić information content (AvgIpc) is 2.66. The van der Waals surface area contributed by atoms with Gasteiger partial charge in [-0.05, 0) is 56.7 Å². The molecule has 2 rings (SSSR count). The van der Waals surface area contributed by atoms with Gasteiger partial charge in [0.2, 0.25) is 15.9 Å². The summed E-state index contributed by atoms with van der Waals surface area (Å²) in [7, 11) is -3.74. The lowest BCUT2D eigenvalue weighted by molar-refractivity contribution is -0.117. The average molecular weight is 419 g/mol. The lowest BCUT2D eigenvalue weighted by Gasteiger charge is -2.30. The third kappa shape index (κ3) is 5.80. The van der Waals surface area contributed by atoms with E-state index in [4.69, 9.17) is 4.74 Å². The van der Waals surface area contributed by atoms with Crippen LogP contribution >= 0.6 is 0 Å². The third-order valence-electron chi connectivity index (χ3n) is 4.27. The van der Waals surface area contributed by atoms with E-state index in [9.17, 15) is 18.0 Å². The molecule has 0 aliphatic rings. The number of carbonyl (C=O) groups is 2. The highest BCUT2D eigenvalue weighted by molar-refractivity contribution is 7.92. The number of benzene rings is 2. The normalized spacial score (nSPS) is 12.1. The fourth-order valence-electron chi connectivity index (χ4n) is 2.96. The lowest BCUT2D eigenvalue weighted by Crippen LogP contribution is -2.47. The van der Waals surface area contributed by atoms with Gasteiger partial charge in [-0.1, -0.05) is 19.1 Å². The Labute approximate surface area is 171 Å². The molecule has 0 aliphatic heterocycles. The Morgan fingerprint density at radius 1 is 1.10 bits per heavy atom. The van der Waals surface area contributed by atoms with Crippen molar-refractivity contribution in [3.8, 4) is 5.75 Å². The van der Waals surface area contributed by atoms with E-state index in [0.717, 1.165) is 10.6 Å². The Bertz CT molecular complexity index is 971. The molecule has 7 nitrogen and oxygen atoms in total. The molecule has 8 heteroatoms. The fraction of sp³-hybridized carbons (Fsp3) is 0.333. The van der Waals surface area contributed by atoms with Crippen molar-refractivity contribution in [3.63, 3.8) is 0 Å². The van der Waals surface area contributed by atoms with Crippen LogP contribution in [0, 0.1) is 0 Å². The van der Waals surface area contributed by atoms with Crippen LogP contribution in [-0.2, 0) is 14.8 Å². The summed E-state index contributed by atoms with van der Waals surface area (Å²) in [6.07, 6.45) is 1.33. The zero-order valence-corrected chi connectivity index (χ0v) is 17.8. The Kier molecular flexibility index (Phi) is 7.39. The van der Waals surface area contributed by atoms with Crippen molar-refractivity contribution >= 4 is 33.1 Å². The molecule has 0 bridgehead atoms. The molecule has 0 heterocycles. The molecule has 2 aromatic rings. The van der Waals surface area contributed by atoms with E-state index in [-0.39, 0.29) is 12.2 Å². The third-order valence-corrected chi connectivity index (χ3v) is 5.45. The lowest BCUT2D eigenvalue weighted by atomic mass is 10.1. The summed E-state index contributed by atoms with van der Waals surface area (Å²) in [5.41, 5.74) is 1.26. The molecule has 1 N–H and O–H groups in total. The smallest absolute Gasteiger partial charge is 0.248 e. The van der Waals surface area contributed by atoms with Crippen LogP contribution in [0.5, 0.6) is 5.75 Å². The molecule has 156 valence electrons. The number of Topliss-reactive ketones (excluding diaryl/α,β-unsaturated/α-hetero) is 1. The number of nitrogens with one attached hydrogen (secondary N) is 1. The first-order valence-electron chi connectivity index (χ1n) is 9.31. The molecule has 0 saturated carbocycles. The van der Waals surface area contributed by atoms with Crippen molar-refractivity contribution in [1.29, 1.82) is 0 Å². The molecular formula is C21H26N2O5S. The molecule has 1 unspecified atom stereocenters. The van der Waals surface area contributed by atoms with E-state index >= 15 is 0 Å². The van der Waals surface area contributed by atoms with Crippen LogP contribution in [0.1, 0.15) is 37.6 Å². The summed E-state index contributed by atoms with van der Waals surface area (Å²) in [6.45, 7) is 5.53. The number of ether oxygens (including phenoxy) is 1. The minimum Gasteiger partial charge on any atom is -0.494 e. The Hall–Kier alpha value is -2.87. The van der Waals surface area contributed by atoms with Crippen molar-refractivity contribution in [2.24, 2.45) is 0 Å². The second-order valence-corrected chi connectivity index (χ2v) is 8.40. The van der Waals surface area contributed by atoms with Crippen molar-refractivity contribution in [2.45, 2.75) is 33.2 Å². The van der Waals surface area contributed by atoms with Gasteiger partial charge in [0.05, 0.1) is 18.6 Å². The minimum atomic E-state index is -3.74. The first-order chi connectivity index (χ1) is 13.7. The van der Waals surface area contributed by atoms with E-state index in [1.165, 1.54) is 6.92 Å². The molecule has 1 amide bonds. The molecule has 0 aliphatic carbocycles. The predicted octanol–water partition coefficient (Wildman–Crippen LogP) is 3.47. The number of nitrogens with zero attached hydrogens (tertiary/aromatic N) is 1. The van der Waals surface area contributed by atoms with E-state index in [1.807, 2.05) is 6.92 Å². The van der Waals surface area contributed by atoms with E-state index < -0.39 is 22.0 Å². The number of sulfonamides is 1. The summed E-state index contributed by atoms with van der Waals surface area (Å²) in [4.78, 5) is 24.5. The van der Waals surface area contributed by atoms with Crippen molar-refractivity contribution < 1.29 is 22.7 Å². The highest BCUT2D eigenvalue weighted by atomic mass is 32.2. The van der Waals surface area contributed by atoms with Gasteiger partial charge in [0.25, 0.3) is 0 Å². The van der Waals surface area contributed by atoms with Crippen LogP contribution in [-0.4, -0.2) is 39.0 Å². The maximum absolute atomic E-state index is 12.9. The predicted molar refractivity (Wildman–Crippen MR) is 114 cm³/mol. The minimum absolute atomic E-state index is 0.125. The molecule has 0 radical (unpaired) electrons. The van der Waals surface area contributed by atoms with Crippen LogP contribution in [0.25, 0.3) is 0 Å². The Morgan fingerprint density at radius 3 is 2.28 bits per heavy atom. The Morgan fingerprint density at radius 2 is 1.76 bits per heavy atom. The number of rotatable bonds is 9. The van der Waals surface area contributed by atoms with Crippen LogP contribution in [0.2, 0.25) is 0 Å². The number of hydrogen-bond acceptors (Lipinski definition) is 5. The van der Waals surface area contributed by atoms with Crippen LogP contribution in [0.4, 0.5) is 11.4 Å². The van der Waals surface area contributed by atoms with E-state index in [0.29, 0.717) is 29.3 Å². The zero-order valence-electron chi connectivity index (χ0n) is 17.0. The van der Waals surface area contributed by atoms with E-state index in [1.54, 1.807) is 55.5 Å². The van der Waals surface area contributed by atoms with Crippen molar-refractivity contribution in [1.82, 2.24) is 0 Å². The summed E-state index contributed by atoms with van der Waals surface area (Å²) in [5, 5.41) is 2.72. The van der Waals surface area contributed by atoms with Gasteiger partial charge >= 0.3 is 0 Å². The maximum Gasteiger partial charge on any atom is 0.248 e. The molecule has 0 aromatic heterocycles. The van der Waals surface area contributed by atoms with Gasteiger partial charge in [-0.3, -0.25) is 13.9 Å². The molecule has 0 spiro atoms. The van der Waals surface area contributed by atoms with Gasteiger partial charge in [-0.25, -0.2) is 8.42 Å². The highest BCUT2D eigenvalue weighted by Crippen LogP contribution is 2.26. The van der Waals surface area contributed by atoms with Gasteiger partial charge < -0.3 is 10.1 Å². The van der Waals surface area contributed by atoms with Crippen LogP contribution in [0.15, 0.2) is 48.5 Å². The monoisotopic (exact) mass is 418 g/mol. The van der Waals surface area contributed by atoms with Crippen LogP contribution < -0.4 is 14.4 Å². The number of carbonyl (C=O) groups excluding carboxylic acids is 2. The first kappa shape index (κ1) is 22.4. The van der Waals surface area contributed by atoms with Gasteiger partial charge in [0.15, 0.2) is 5.78 Å². The fourth-order valence-corrected chi connectivity index (χ4v) is 4.17. The second-order valence-electron chi connectivity index (χ2n) is 6.54. The summed E-state index contributed by atoms with van der Waals surface area (Å²) < 4.78 is 31.5. The van der Waals surface area contributed by atoms with Gasteiger partial charge in [-0.2, -0.15) is 0 Å². The molecule has 0 fully saturated rings. The summed E-state index contributed by atoms with van der Waals surface area (Å²) in [5.74, 6) is 0.0102. The Balaban J connectivity index is 2.34. The molecular weight excluding hydrogens is 392 g/mol. The molecule has 1 atom stereocenters. The van der Waals surface area contributed by atoms with Gasteiger partial charge in [0, 0.05) is 11.3 Å². The summed E-state index contributed by atoms with van der Waals surface area (Å²) >= 11 is 0.